The zero-order chi connectivity index (χ0) is 37.9. The number of hydrogen-bond acceptors (Lipinski definition) is 6. The van der Waals surface area contributed by atoms with Gasteiger partial charge in [0.15, 0.2) is 12.4 Å². The first kappa shape index (κ1) is 43.2. The predicted molar refractivity (Wildman–Crippen MR) is 180 cm³/mol. The smallest absolute Gasteiger partial charge is 0.417 e. The number of carbonyl (C=O) groups is 4. The van der Waals surface area contributed by atoms with E-state index in [4.69, 9.17) is 10.5 Å². The van der Waals surface area contributed by atoms with E-state index in [2.05, 4.69) is 17.6 Å². The van der Waals surface area contributed by atoms with Gasteiger partial charge >= 0.3 is 18.3 Å². The van der Waals surface area contributed by atoms with Crippen LogP contribution < -0.4 is 16.4 Å². The average molecular weight is 730 g/mol. The summed E-state index contributed by atoms with van der Waals surface area (Å²) in [6.45, 7) is 1.27. The number of amides is 2. The van der Waals surface area contributed by atoms with Gasteiger partial charge in [-0.3, -0.25) is 14.4 Å². The van der Waals surface area contributed by atoms with Crippen molar-refractivity contribution in [2.45, 2.75) is 121 Å². The van der Waals surface area contributed by atoms with Crippen LogP contribution in [0.1, 0.15) is 117 Å². The molecule has 2 amide bonds. The minimum absolute atomic E-state index is 0.141. The Morgan fingerprint density at radius 1 is 0.706 bits per heavy atom. The summed E-state index contributed by atoms with van der Waals surface area (Å²) in [5.41, 5.74) is 0.639. The maximum absolute atomic E-state index is 13.6. The van der Waals surface area contributed by atoms with Crippen LogP contribution in [0.3, 0.4) is 0 Å². The Morgan fingerprint density at radius 3 is 1.82 bits per heavy atom. The molecule has 0 fully saturated rings. The Kier molecular flexibility index (Phi) is 18.7. The number of alkyl halides is 6. The molecule has 0 spiro atoms. The Labute approximate surface area is 295 Å². The van der Waals surface area contributed by atoms with Crippen molar-refractivity contribution in [1.82, 2.24) is 10.6 Å². The number of esters is 1. The summed E-state index contributed by atoms with van der Waals surface area (Å²) >= 11 is 0. The van der Waals surface area contributed by atoms with E-state index in [-0.39, 0.29) is 25.2 Å². The molecule has 0 heterocycles. The summed E-state index contributed by atoms with van der Waals surface area (Å²) < 4.78 is 86.4. The molecule has 0 saturated carbocycles. The average Bonchev–Trinajstić information content (AvgIpc) is 3.08. The van der Waals surface area contributed by atoms with Crippen LogP contribution in [0, 0.1) is 0 Å². The van der Waals surface area contributed by atoms with Crippen LogP contribution in [0.4, 0.5) is 26.3 Å². The highest BCUT2D eigenvalue weighted by Gasteiger charge is 2.43. The molecule has 0 radical (unpaired) electrons. The number of halogens is 6. The highest BCUT2D eigenvalue weighted by molar-refractivity contribution is 5.97. The molecule has 0 aliphatic rings. The second-order valence-electron chi connectivity index (χ2n) is 12.5. The minimum Gasteiger partial charge on any atom is -0.454 e. The lowest BCUT2D eigenvalue weighted by atomic mass is 9.99. The van der Waals surface area contributed by atoms with Crippen molar-refractivity contribution in [3.8, 4) is 0 Å². The van der Waals surface area contributed by atoms with Crippen LogP contribution in [0.25, 0.3) is 0 Å². The SMILES string of the molecule is CCCCCCCCCCCC(=O)N[C@@H](CCCCN)C(=O)N[C@@H](Cc1ccccc1)C(=O)COC(=O)c1c(C(F)(F)F)cccc1C(F)(F)F. The highest BCUT2D eigenvalue weighted by Crippen LogP contribution is 2.39. The molecule has 0 bridgehead atoms. The minimum atomic E-state index is -5.33. The molecule has 0 aliphatic carbocycles. The number of hydrogen-bond donors (Lipinski definition) is 3. The van der Waals surface area contributed by atoms with Crippen molar-refractivity contribution in [3.05, 3.63) is 70.8 Å². The lowest BCUT2D eigenvalue weighted by Crippen LogP contribution is -2.53. The summed E-state index contributed by atoms with van der Waals surface area (Å²) in [5, 5.41) is 5.27. The van der Waals surface area contributed by atoms with Crippen LogP contribution in [0.15, 0.2) is 48.5 Å². The van der Waals surface area contributed by atoms with Gasteiger partial charge in [-0.25, -0.2) is 4.79 Å². The van der Waals surface area contributed by atoms with Gasteiger partial charge in [0.2, 0.25) is 11.8 Å². The normalized spacial score (nSPS) is 12.9. The van der Waals surface area contributed by atoms with Gasteiger partial charge in [-0.2, -0.15) is 26.3 Å². The summed E-state index contributed by atoms with van der Waals surface area (Å²) in [6, 6.07) is 6.97. The van der Waals surface area contributed by atoms with Crippen molar-refractivity contribution in [1.29, 1.82) is 0 Å². The molecule has 0 unspecified atom stereocenters. The molecule has 284 valence electrons. The van der Waals surface area contributed by atoms with Gasteiger partial charge in [0.25, 0.3) is 0 Å². The molecule has 2 aromatic rings. The fraction of sp³-hybridized carbons (Fsp3) is 0.568. The molecule has 0 saturated heterocycles. The monoisotopic (exact) mass is 729 g/mol. The lowest BCUT2D eigenvalue weighted by Gasteiger charge is -2.23. The second kappa shape index (κ2) is 22.1. The van der Waals surface area contributed by atoms with E-state index in [1.165, 1.54) is 25.7 Å². The number of nitrogens with two attached hydrogens (primary N) is 1. The molecular formula is C37H49F6N3O5. The van der Waals surface area contributed by atoms with E-state index in [0.29, 0.717) is 49.6 Å². The Balaban J connectivity index is 2.16. The molecular weight excluding hydrogens is 680 g/mol. The Hall–Kier alpha value is -3.94. The number of ether oxygens (including phenoxy) is 1. The van der Waals surface area contributed by atoms with E-state index in [9.17, 15) is 45.5 Å². The first-order chi connectivity index (χ1) is 24.2. The van der Waals surface area contributed by atoms with Gasteiger partial charge in [0.1, 0.15) is 6.04 Å². The largest absolute Gasteiger partial charge is 0.454 e. The third kappa shape index (κ3) is 15.9. The van der Waals surface area contributed by atoms with Crippen molar-refractivity contribution < 1.29 is 50.3 Å². The summed E-state index contributed by atoms with van der Waals surface area (Å²) in [4.78, 5) is 52.4. The van der Waals surface area contributed by atoms with Crippen LogP contribution in [-0.4, -0.2) is 48.8 Å². The second-order valence-corrected chi connectivity index (χ2v) is 12.5. The topological polar surface area (TPSA) is 128 Å². The quantitative estimate of drug-likeness (QED) is 0.0611. The molecule has 0 aliphatic heterocycles. The van der Waals surface area contributed by atoms with Crippen molar-refractivity contribution in [2.24, 2.45) is 5.73 Å². The first-order valence-corrected chi connectivity index (χ1v) is 17.5. The summed E-state index contributed by atoms with van der Waals surface area (Å²) in [5.74, 6) is -4.07. The van der Waals surface area contributed by atoms with Gasteiger partial charge in [-0.05, 0) is 56.3 Å². The number of Topliss-reactive ketones (excluding diaryl/α,β-unsaturated/α-hetero) is 1. The molecule has 51 heavy (non-hydrogen) atoms. The van der Waals surface area contributed by atoms with Crippen LogP contribution in [0.2, 0.25) is 0 Å². The molecule has 14 heteroatoms. The number of ketones is 1. The van der Waals surface area contributed by atoms with Gasteiger partial charge in [0.05, 0.1) is 22.7 Å². The van der Waals surface area contributed by atoms with Gasteiger partial charge in [-0.15, -0.1) is 0 Å². The maximum Gasteiger partial charge on any atom is 0.417 e. The third-order valence-electron chi connectivity index (χ3n) is 8.32. The van der Waals surface area contributed by atoms with Crippen molar-refractivity contribution >= 4 is 23.6 Å². The first-order valence-electron chi connectivity index (χ1n) is 17.5. The lowest BCUT2D eigenvalue weighted by molar-refractivity contribution is -0.144. The third-order valence-corrected chi connectivity index (χ3v) is 8.32. The van der Waals surface area contributed by atoms with Gasteiger partial charge in [-0.1, -0.05) is 94.7 Å². The molecule has 8 nitrogen and oxygen atoms in total. The standard InChI is InChI=1S/C37H49F6N3O5/c1-2-3-4-5-6-7-8-9-13-22-32(48)45-29(21-14-15-23-44)34(49)46-30(24-26-17-11-10-12-18-26)31(47)25-51-35(50)33-27(36(38,39)40)19-16-20-28(33)37(41,42)43/h10-12,16-20,29-30H,2-9,13-15,21-25,44H2,1H3,(H,45,48)(H,46,49)/t29-,30-/m0/s1. The number of benzene rings is 2. The van der Waals surface area contributed by atoms with E-state index in [1.807, 2.05) is 0 Å². The number of unbranched alkanes of at least 4 members (excludes halogenated alkanes) is 9. The highest BCUT2D eigenvalue weighted by atomic mass is 19.4. The fourth-order valence-corrected chi connectivity index (χ4v) is 5.55. The van der Waals surface area contributed by atoms with E-state index < -0.39 is 65.4 Å². The van der Waals surface area contributed by atoms with Crippen molar-refractivity contribution in [3.63, 3.8) is 0 Å². The Morgan fingerprint density at radius 2 is 1.27 bits per heavy atom. The Bertz CT molecular complexity index is 1350. The number of nitrogens with one attached hydrogen (secondary N) is 2. The zero-order valence-electron chi connectivity index (χ0n) is 29.0. The molecule has 2 aromatic carbocycles. The zero-order valence-corrected chi connectivity index (χ0v) is 29.0. The van der Waals surface area contributed by atoms with Gasteiger partial charge < -0.3 is 21.1 Å². The number of rotatable bonds is 23. The molecule has 2 atom stereocenters. The fourth-order valence-electron chi connectivity index (χ4n) is 5.55. The number of carbonyl (C=O) groups excluding carboxylic acids is 4. The summed E-state index contributed by atoms with van der Waals surface area (Å²) in [6.07, 6.45) is 0.131. The molecule has 2 rings (SSSR count). The van der Waals surface area contributed by atoms with Crippen LogP contribution in [0.5, 0.6) is 0 Å². The van der Waals surface area contributed by atoms with Gasteiger partial charge in [0, 0.05) is 6.42 Å². The van der Waals surface area contributed by atoms with Crippen LogP contribution >= 0.6 is 0 Å². The van der Waals surface area contributed by atoms with E-state index in [1.54, 1.807) is 30.3 Å². The molecule has 0 aromatic heterocycles. The van der Waals surface area contributed by atoms with Crippen LogP contribution in [-0.2, 0) is 37.9 Å². The summed E-state index contributed by atoms with van der Waals surface area (Å²) in [7, 11) is 0. The van der Waals surface area contributed by atoms with Crippen molar-refractivity contribution in [2.75, 3.05) is 13.2 Å². The van der Waals surface area contributed by atoms with E-state index in [0.717, 1.165) is 25.7 Å². The van der Waals surface area contributed by atoms with E-state index >= 15 is 0 Å². The predicted octanol–water partition coefficient (Wildman–Crippen LogP) is 7.71. The maximum atomic E-state index is 13.6. The molecule has 4 N–H and O–H groups in total.